The van der Waals surface area contributed by atoms with E-state index >= 15 is 0 Å². The molecule has 0 aliphatic carbocycles. The summed E-state index contributed by atoms with van der Waals surface area (Å²) < 4.78 is 6.30. The number of pyridine rings is 1. The SMILES string of the molecule is CN(CC(=O)N1CC[C@@]23OC[C@@H](c4ccccc4)N2C(=O)C[C@@H]13)Cc1cccnc1. The lowest BCUT2D eigenvalue weighted by Crippen LogP contribution is -2.50. The molecule has 7 heteroatoms. The first-order valence-electron chi connectivity index (χ1n) is 10.5. The average molecular weight is 406 g/mol. The molecular formula is C23H26N4O3. The molecule has 2 aromatic rings. The van der Waals surface area contributed by atoms with Crippen molar-refractivity contribution >= 4 is 11.8 Å². The summed E-state index contributed by atoms with van der Waals surface area (Å²) in [5.74, 6) is 0.122. The van der Waals surface area contributed by atoms with E-state index in [-0.39, 0.29) is 23.9 Å². The first-order chi connectivity index (χ1) is 14.6. The highest BCUT2D eigenvalue weighted by atomic mass is 16.5. The van der Waals surface area contributed by atoms with Crippen molar-refractivity contribution in [2.45, 2.75) is 37.2 Å². The second-order valence-corrected chi connectivity index (χ2v) is 8.44. The summed E-state index contributed by atoms with van der Waals surface area (Å²) in [6, 6.07) is 13.6. The molecule has 0 saturated carbocycles. The Bertz CT molecular complexity index is 938. The van der Waals surface area contributed by atoms with E-state index in [0.717, 1.165) is 11.1 Å². The van der Waals surface area contributed by atoms with E-state index in [4.69, 9.17) is 4.74 Å². The van der Waals surface area contributed by atoms with Gasteiger partial charge in [-0.3, -0.25) is 19.5 Å². The van der Waals surface area contributed by atoms with Crippen LogP contribution in [0.3, 0.4) is 0 Å². The van der Waals surface area contributed by atoms with Gasteiger partial charge in [0.1, 0.15) is 0 Å². The third-order valence-electron chi connectivity index (χ3n) is 6.54. The van der Waals surface area contributed by atoms with E-state index in [1.807, 2.05) is 70.4 Å². The fourth-order valence-electron chi connectivity index (χ4n) is 5.25. The number of aromatic nitrogens is 1. The monoisotopic (exact) mass is 406 g/mol. The molecule has 0 unspecified atom stereocenters. The lowest BCUT2D eigenvalue weighted by atomic mass is 10.0. The van der Waals surface area contributed by atoms with Gasteiger partial charge in [0.2, 0.25) is 11.8 Å². The van der Waals surface area contributed by atoms with Gasteiger partial charge in [0.15, 0.2) is 5.72 Å². The molecular weight excluding hydrogens is 380 g/mol. The smallest absolute Gasteiger partial charge is 0.237 e. The van der Waals surface area contributed by atoms with Gasteiger partial charge in [0, 0.05) is 31.9 Å². The Balaban J connectivity index is 1.30. The number of likely N-dealkylation sites (tertiary alicyclic amines) is 1. The number of nitrogens with zero attached hydrogens (tertiary/aromatic N) is 4. The van der Waals surface area contributed by atoms with Gasteiger partial charge in [-0.05, 0) is 24.2 Å². The molecule has 1 aromatic carbocycles. The van der Waals surface area contributed by atoms with Crippen molar-refractivity contribution < 1.29 is 14.3 Å². The predicted octanol–water partition coefficient (Wildman–Crippen LogP) is 1.81. The zero-order chi connectivity index (χ0) is 20.7. The Morgan fingerprint density at radius 3 is 2.87 bits per heavy atom. The highest BCUT2D eigenvalue weighted by Gasteiger charge is 2.65. The van der Waals surface area contributed by atoms with Crippen LogP contribution in [0.25, 0.3) is 0 Å². The van der Waals surface area contributed by atoms with Gasteiger partial charge in [-0.1, -0.05) is 36.4 Å². The molecule has 30 heavy (non-hydrogen) atoms. The Kier molecular flexibility index (Phi) is 4.79. The lowest BCUT2D eigenvalue weighted by Gasteiger charge is -2.33. The topological polar surface area (TPSA) is 66.0 Å². The van der Waals surface area contributed by atoms with Crippen molar-refractivity contribution in [2.75, 3.05) is 26.7 Å². The molecule has 3 saturated heterocycles. The number of carbonyl (C=O) groups excluding carboxylic acids is 2. The third-order valence-corrected chi connectivity index (χ3v) is 6.54. The molecule has 5 rings (SSSR count). The summed E-state index contributed by atoms with van der Waals surface area (Å²) in [5, 5.41) is 0. The second-order valence-electron chi connectivity index (χ2n) is 8.44. The van der Waals surface area contributed by atoms with Gasteiger partial charge >= 0.3 is 0 Å². The van der Waals surface area contributed by atoms with E-state index in [1.54, 1.807) is 6.20 Å². The molecule has 3 aliphatic rings. The second kappa shape index (κ2) is 7.49. The van der Waals surface area contributed by atoms with Crippen LogP contribution in [0.4, 0.5) is 0 Å². The number of rotatable bonds is 5. The minimum absolute atomic E-state index is 0.0460. The van der Waals surface area contributed by atoms with Crippen LogP contribution in [-0.2, 0) is 20.9 Å². The Morgan fingerprint density at radius 2 is 2.10 bits per heavy atom. The van der Waals surface area contributed by atoms with Gasteiger partial charge in [-0.2, -0.15) is 0 Å². The number of ether oxygens (including phenoxy) is 1. The standard InChI is InChI=1S/C23H26N4O3/c1-25(14-17-6-5-10-24-13-17)15-22(29)26-11-9-23-20(26)12-21(28)27(23)19(16-30-23)18-7-3-2-4-8-18/h2-8,10,13,19-20H,9,11-12,14-16H2,1H3/t19-,20+,23-/m0/s1. The maximum absolute atomic E-state index is 13.1. The Labute approximate surface area is 176 Å². The van der Waals surface area contributed by atoms with E-state index < -0.39 is 5.72 Å². The Hall–Kier alpha value is -2.77. The first kappa shape index (κ1) is 19.2. The first-order valence-corrected chi connectivity index (χ1v) is 10.5. The Morgan fingerprint density at radius 1 is 1.27 bits per heavy atom. The van der Waals surface area contributed by atoms with Gasteiger partial charge in [0.05, 0.1) is 31.7 Å². The quantitative estimate of drug-likeness (QED) is 0.758. The van der Waals surface area contributed by atoms with Gasteiger partial charge < -0.3 is 14.5 Å². The third kappa shape index (κ3) is 3.09. The molecule has 3 aliphatic heterocycles. The number of hydrogen-bond acceptors (Lipinski definition) is 5. The van der Waals surface area contributed by atoms with Crippen molar-refractivity contribution in [3.05, 3.63) is 66.0 Å². The fraction of sp³-hybridized carbons (Fsp3) is 0.435. The van der Waals surface area contributed by atoms with Crippen LogP contribution in [0.15, 0.2) is 54.9 Å². The maximum Gasteiger partial charge on any atom is 0.237 e. The number of likely N-dealkylation sites (N-methyl/N-ethyl adjacent to an activating group) is 1. The van der Waals surface area contributed by atoms with Crippen molar-refractivity contribution in [2.24, 2.45) is 0 Å². The van der Waals surface area contributed by atoms with Crippen molar-refractivity contribution in [1.29, 1.82) is 0 Å². The largest absolute Gasteiger partial charge is 0.351 e. The fourth-order valence-corrected chi connectivity index (χ4v) is 5.25. The summed E-state index contributed by atoms with van der Waals surface area (Å²) in [6.07, 6.45) is 4.56. The molecule has 1 aromatic heterocycles. The minimum Gasteiger partial charge on any atom is -0.351 e. The van der Waals surface area contributed by atoms with Gasteiger partial charge in [0.25, 0.3) is 0 Å². The van der Waals surface area contributed by atoms with Crippen LogP contribution in [0, 0.1) is 0 Å². The van der Waals surface area contributed by atoms with Crippen LogP contribution in [0.5, 0.6) is 0 Å². The summed E-state index contributed by atoms with van der Waals surface area (Å²) in [4.78, 5) is 36.0. The van der Waals surface area contributed by atoms with E-state index in [1.165, 1.54) is 0 Å². The molecule has 156 valence electrons. The normalized spacial score (nSPS) is 27.6. The van der Waals surface area contributed by atoms with Gasteiger partial charge in [-0.15, -0.1) is 0 Å². The van der Waals surface area contributed by atoms with E-state index in [9.17, 15) is 9.59 Å². The molecule has 3 fully saturated rings. The van der Waals surface area contributed by atoms with Crippen LogP contribution in [-0.4, -0.2) is 70.0 Å². The van der Waals surface area contributed by atoms with Crippen molar-refractivity contribution in [3.63, 3.8) is 0 Å². The molecule has 3 atom stereocenters. The van der Waals surface area contributed by atoms with Crippen LogP contribution in [0.2, 0.25) is 0 Å². The summed E-state index contributed by atoms with van der Waals surface area (Å²) in [6.45, 7) is 2.06. The number of benzene rings is 1. The van der Waals surface area contributed by atoms with E-state index in [2.05, 4.69) is 4.98 Å². The summed E-state index contributed by atoms with van der Waals surface area (Å²) in [5.41, 5.74) is 1.48. The zero-order valence-electron chi connectivity index (χ0n) is 17.1. The van der Waals surface area contributed by atoms with E-state index in [0.29, 0.717) is 39.1 Å². The molecule has 0 radical (unpaired) electrons. The average Bonchev–Trinajstić information content (AvgIpc) is 3.38. The highest BCUT2D eigenvalue weighted by molar-refractivity contribution is 5.85. The molecule has 4 heterocycles. The van der Waals surface area contributed by atoms with Crippen molar-refractivity contribution in [1.82, 2.24) is 19.7 Å². The molecule has 0 N–H and O–H groups in total. The van der Waals surface area contributed by atoms with Crippen LogP contribution in [0.1, 0.15) is 30.0 Å². The molecule has 0 bridgehead atoms. The van der Waals surface area contributed by atoms with Crippen LogP contribution >= 0.6 is 0 Å². The maximum atomic E-state index is 13.1. The lowest BCUT2D eigenvalue weighted by molar-refractivity contribution is -0.141. The van der Waals surface area contributed by atoms with Crippen LogP contribution < -0.4 is 0 Å². The highest BCUT2D eigenvalue weighted by Crippen LogP contribution is 2.51. The van der Waals surface area contributed by atoms with Crippen molar-refractivity contribution in [3.8, 4) is 0 Å². The number of amides is 2. The molecule has 1 spiro atoms. The zero-order valence-corrected chi connectivity index (χ0v) is 17.1. The predicted molar refractivity (Wildman–Crippen MR) is 110 cm³/mol. The molecule has 2 amide bonds. The summed E-state index contributed by atoms with van der Waals surface area (Å²) >= 11 is 0. The number of hydrogen-bond donors (Lipinski definition) is 0. The summed E-state index contributed by atoms with van der Waals surface area (Å²) in [7, 11) is 1.93. The van der Waals surface area contributed by atoms with Gasteiger partial charge in [-0.25, -0.2) is 0 Å². The number of carbonyl (C=O) groups is 2. The molecule has 7 nitrogen and oxygen atoms in total. The minimum atomic E-state index is -0.671.